The Bertz CT molecular complexity index is 602. The van der Waals surface area contributed by atoms with Crippen LogP contribution in [0.2, 0.25) is 0 Å². The van der Waals surface area contributed by atoms with Crippen molar-refractivity contribution in [3.8, 4) is 11.8 Å². The van der Waals surface area contributed by atoms with Gasteiger partial charge in [-0.3, -0.25) is 10.1 Å². The van der Waals surface area contributed by atoms with Crippen LogP contribution in [0.3, 0.4) is 0 Å². The second-order valence-corrected chi connectivity index (χ2v) is 4.03. The Morgan fingerprint density at radius 2 is 2.05 bits per heavy atom. The lowest BCUT2D eigenvalue weighted by Crippen LogP contribution is -1.97. The summed E-state index contributed by atoms with van der Waals surface area (Å²) in [7, 11) is 0. The first kappa shape index (κ1) is 13.2. The molecule has 0 fully saturated rings. The number of nitro groups is 1. The molecule has 0 unspecified atom stereocenters. The highest BCUT2D eigenvalue weighted by Gasteiger charge is 2.15. The van der Waals surface area contributed by atoms with Crippen molar-refractivity contribution in [1.82, 2.24) is 9.97 Å². The third-order valence-corrected chi connectivity index (χ3v) is 2.80. The van der Waals surface area contributed by atoms with Crippen LogP contribution in [0.15, 0.2) is 30.6 Å². The molecule has 1 heterocycles. The molecule has 0 saturated heterocycles. The summed E-state index contributed by atoms with van der Waals surface area (Å²) >= 11 is 5.62. The van der Waals surface area contributed by atoms with Gasteiger partial charge in [0.25, 0.3) is 5.69 Å². The van der Waals surface area contributed by atoms with Crippen molar-refractivity contribution in [2.75, 3.05) is 0 Å². The van der Waals surface area contributed by atoms with Crippen molar-refractivity contribution in [2.24, 2.45) is 0 Å². The summed E-state index contributed by atoms with van der Waals surface area (Å²) < 4.78 is 5.43. The minimum atomic E-state index is -0.459. The minimum absolute atomic E-state index is 0.00474. The maximum atomic E-state index is 10.8. The van der Waals surface area contributed by atoms with E-state index in [2.05, 4.69) is 9.97 Å². The maximum Gasteiger partial charge on any atom is 0.321 e. The van der Waals surface area contributed by atoms with Crippen molar-refractivity contribution < 1.29 is 9.66 Å². The summed E-state index contributed by atoms with van der Waals surface area (Å²) in [5.41, 5.74) is 1.19. The van der Waals surface area contributed by atoms with E-state index in [1.54, 1.807) is 31.5 Å². The van der Waals surface area contributed by atoms with E-state index in [-0.39, 0.29) is 11.7 Å². The van der Waals surface area contributed by atoms with Crippen LogP contribution >= 0.6 is 11.6 Å². The zero-order valence-electron chi connectivity index (χ0n) is 10.0. The number of nitro benzene ring substituents is 1. The topological polar surface area (TPSA) is 78.2 Å². The van der Waals surface area contributed by atoms with Crippen LogP contribution in [-0.4, -0.2) is 14.9 Å². The van der Waals surface area contributed by atoms with E-state index in [0.717, 1.165) is 5.56 Å². The predicted octanol–water partition coefficient (Wildman–Crippen LogP) is 3.22. The van der Waals surface area contributed by atoms with E-state index in [1.807, 2.05) is 0 Å². The van der Waals surface area contributed by atoms with E-state index < -0.39 is 4.92 Å². The average Bonchev–Trinajstić information content (AvgIpc) is 2.41. The first-order chi connectivity index (χ1) is 9.11. The predicted molar refractivity (Wildman–Crippen MR) is 69.5 cm³/mol. The molecule has 1 aromatic heterocycles. The molecule has 19 heavy (non-hydrogen) atoms. The smallest absolute Gasteiger partial charge is 0.321 e. The van der Waals surface area contributed by atoms with Crippen molar-refractivity contribution in [1.29, 1.82) is 0 Å². The second-order valence-electron chi connectivity index (χ2n) is 3.77. The van der Waals surface area contributed by atoms with E-state index in [1.165, 1.54) is 6.07 Å². The van der Waals surface area contributed by atoms with Crippen molar-refractivity contribution in [3.05, 3.63) is 51.8 Å². The van der Waals surface area contributed by atoms with Crippen molar-refractivity contribution >= 4 is 17.3 Å². The molecule has 0 spiro atoms. The summed E-state index contributed by atoms with van der Waals surface area (Å²) in [6.07, 6.45) is 3.09. The van der Waals surface area contributed by atoms with E-state index in [9.17, 15) is 10.1 Å². The van der Waals surface area contributed by atoms with Crippen LogP contribution < -0.4 is 4.74 Å². The molecular formula is C12H10ClN3O3. The Hall–Kier alpha value is -2.21. The number of nitrogens with zero attached hydrogens (tertiary/aromatic N) is 3. The van der Waals surface area contributed by atoms with E-state index >= 15 is 0 Å². The van der Waals surface area contributed by atoms with E-state index in [4.69, 9.17) is 16.3 Å². The van der Waals surface area contributed by atoms with Gasteiger partial charge in [-0.05, 0) is 13.0 Å². The number of hydrogen-bond donors (Lipinski definition) is 0. The summed E-state index contributed by atoms with van der Waals surface area (Å²) in [5, 5.41) is 10.8. The molecule has 2 rings (SSSR count). The monoisotopic (exact) mass is 279 g/mol. The maximum absolute atomic E-state index is 10.8. The largest absolute Gasteiger partial charge is 0.424 e. The summed E-state index contributed by atoms with van der Waals surface area (Å²) in [5.74, 6) is 0.670. The SMILES string of the molecule is Cc1c(Oc2ncc(CCl)cn2)cccc1[N+](=O)[O-]. The van der Waals surface area contributed by atoms with Crippen LogP contribution in [0.25, 0.3) is 0 Å². The van der Waals surface area contributed by atoms with Crippen molar-refractivity contribution in [3.63, 3.8) is 0 Å². The van der Waals surface area contributed by atoms with Gasteiger partial charge >= 0.3 is 6.01 Å². The van der Waals surface area contributed by atoms with Gasteiger partial charge in [0.15, 0.2) is 0 Å². The number of halogens is 1. The number of hydrogen-bond acceptors (Lipinski definition) is 5. The number of alkyl halides is 1. The standard InChI is InChI=1S/C12H10ClN3O3/c1-8-10(16(17)18)3-2-4-11(8)19-12-14-6-9(5-13)7-15-12/h2-4,6-7H,5H2,1H3. The molecule has 0 amide bonds. The highest BCUT2D eigenvalue weighted by molar-refractivity contribution is 6.17. The fourth-order valence-electron chi connectivity index (χ4n) is 1.47. The van der Waals surface area contributed by atoms with Gasteiger partial charge in [-0.1, -0.05) is 6.07 Å². The number of benzene rings is 1. The fourth-order valence-corrected chi connectivity index (χ4v) is 1.61. The molecule has 0 aliphatic carbocycles. The lowest BCUT2D eigenvalue weighted by molar-refractivity contribution is -0.385. The Labute approximate surface area is 114 Å². The van der Waals surface area contributed by atoms with Crippen LogP contribution in [0, 0.1) is 17.0 Å². The summed E-state index contributed by atoms with van der Waals surface area (Å²) in [6.45, 7) is 1.61. The van der Waals surface area contributed by atoms with Crippen LogP contribution in [-0.2, 0) is 5.88 Å². The molecule has 0 N–H and O–H groups in total. The minimum Gasteiger partial charge on any atom is -0.424 e. The van der Waals surface area contributed by atoms with Gasteiger partial charge in [0.05, 0.1) is 16.4 Å². The summed E-state index contributed by atoms with van der Waals surface area (Å²) in [6, 6.07) is 4.71. The molecule has 6 nitrogen and oxygen atoms in total. The fraction of sp³-hybridized carbons (Fsp3) is 0.167. The number of aromatic nitrogens is 2. The molecule has 0 bridgehead atoms. The quantitative estimate of drug-likeness (QED) is 0.488. The van der Waals surface area contributed by atoms with Gasteiger partial charge in [-0.2, -0.15) is 0 Å². The van der Waals surface area contributed by atoms with Gasteiger partial charge in [0.2, 0.25) is 0 Å². The molecule has 0 radical (unpaired) electrons. The van der Waals surface area contributed by atoms with Gasteiger partial charge in [-0.25, -0.2) is 9.97 Å². The molecule has 2 aromatic rings. The molecule has 0 saturated carbocycles. The van der Waals surface area contributed by atoms with Crippen LogP contribution in [0.4, 0.5) is 5.69 Å². The molecule has 0 atom stereocenters. The van der Waals surface area contributed by atoms with Crippen molar-refractivity contribution in [2.45, 2.75) is 12.8 Å². The lowest BCUT2D eigenvalue weighted by Gasteiger charge is -2.07. The first-order valence-corrected chi connectivity index (χ1v) is 5.94. The Kier molecular flexibility index (Phi) is 3.91. The Morgan fingerprint density at radius 3 is 2.63 bits per heavy atom. The molecule has 98 valence electrons. The van der Waals surface area contributed by atoms with E-state index in [0.29, 0.717) is 17.2 Å². The molecule has 7 heteroatoms. The zero-order valence-corrected chi connectivity index (χ0v) is 10.8. The van der Waals surface area contributed by atoms with Gasteiger partial charge in [0.1, 0.15) is 5.75 Å². The van der Waals surface area contributed by atoms with Crippen LogP contribution in [0.1, 0.15) is 11.1 Å². The third-order valence-electron chi connectivity index (χ3n) is 2.49. The molecule has 1 aromatic carbocycles. The second kappa shape index (κ2) is 5.62. The van der Waals surface area contributed by atoms with Crippen LogP contribution in [0.5, 0.6) is 11.8 Å². The highest BCUT2D eigenvalue weighted by atomic mass is 35.5. The molecule has 0 aliphatic heterocycles. The van der Waals surface area contributed by atoms with Gasteiger partial charge < -0.3 is 4.74 Å². The molecular weight excluding hydrogens is 270 g/mol. The first-order valence-electron chi connectivity index (χ1n) is 5.40. The number of rotatable bonds is 4. The Morgan fingerprint density at radius 1 is 1.37 bits per heavy atom. The number of ether oxygens (including phenoxy) is 1. The van der Waals surface area contributed by atoms with Gasteiger partial charge in [-0.15, -0.1) is 11.6 Å². The lowest BCUT2D eigenvalue weighted by atomic mass is 10.2. The molecule has 0 aliphatic rings. The zero-order chi connectivity index (χ0) is 13.8. The van der Waals surface area contributed by atoms with Gasteiger partial charge in [0, 0.05) is 24.0 Å². The normalized spacial score (nSPS) is 10.2. The third kappa shape index (κ3) is 2.97. The average molecular weight is 280 g/mol. The Balaban J connectivity index is 2.27. The highest BCUT2D eigenvalue weighted by Crippen LogP contribution is 2.29. The summed E-state index contributed by atoms with van der Waals surface area (Å²) in [4.78, 5) is 18.3.